The Morgan fingerprint density at radius 3 is 2.91 bits per heavy atom. The highest BCUT2D eigenvalue weighted by atomic mass is 35.5. The topological polar surface area (TPSA) is 29.5 Å². The zero-order valence-electron chi connectivity index (χ0n) is 12.7. The first kappa shape index (κ1) is 16.6. The molecule has 0 bridgehead atoms. The van der Waals surface area contributed by atoms with Crippen molar-refractivity contribution in [1.82, 2.24) is 4.90 Å². The maximum absolute atomic E-state index is 12.8. The predicted molar refractivity (Wildman–Crippen MR) is 94.6 cm³/mol. The number of carbonyl (C=O) groups is 1. The molecule has 1 aromatic heterocycles. The quantitative estimate of drug-likeness (QED) is 0.742. The van der Waals surface area contributed by atoms with Crippen LogP contribution in [0.25, 0.3) is 0 Å². The number of nitrogens with zero attached hydrogens (tertiary/aromatic N) is 1. The van der Waals surface area contributed by atoms with Gasteiger partial charge in [0.25, 0.3) is 5.91 Å². The van der Waals surface area contributed by atoms with Gasteiger partial charge in [-0.25, -0.2) is 0 Å². The molecule has 3 rings (SSSR count). The Kier molecular flexibility index (Phi) is 5.14. The van der Waals surface area contributed by atoms with Crippen molar-refractivity contribution >= 4 is 40.4 Å². The van der Waals surface area contributed by atoms with E-state index in [-0.39, 0.29) is 11.9 Å². The van der Waals surface area contributed by atoms with Crippen molar-refractivity contribution in [3.8, 4) is 5.75 Å². The van der Waals surface area contributed by atoms with Gasteiger partial charge in [0, 0.05) is 11.6 Å². The molecule has 0 aliphatic carbocycles. The third-order valence-corrected chi connectivity index (χ3v) is 5.24. The number of ether oxygens (including phenoxy) is 1. The number of amides is 1. The summed E-state index contributed by atoms with van der Waals surface area (Å²) in [5, 5.41) is 5.10. The molecule has 2 atom stereocenters. The lowest BCUT2D eigenvalue weighted by Gasteiger charge is -2.27. The van der Waals surface area contributed by atoms with Crippen molar-refractivity contribution in [2.45, 2.75) is 31.9 Å². The summed E-state index contributed by atoms with van der Waals surface area (Å²) in [5.74, 6) is 0.466. The van der Waals surface area contributed by atoms with Crippen molar-refractivity contribution in [3.63, 3.8) is 0 Å². The van der Waals surface area contributed by atoms with Crippen LogP contribution in [0.3, 0.4) is 0 Å². The summed E-state index contributed by atoms with van der Waals surface area (Å²) in [6, 6.07) is 7.24. The second-order valence-corrected chi connectivity index (χ2v) is 7.20. The van der Waals surface area contributed by atoms with Gasteiger partial charge >= 0.3 is 0 Å². The van der Waals surface area contributed by atoms with E-state index in [0.717, 1.165) is 19.4 Å². The highest BCUT2D eigenvalue weighted by Crippen LogP contribution is 2.34. The molecule has 2 heterocycles. The van der Waals surface area contributed by atoms with Crippen LogP contribution in [0, 0.1) is 0 Å². The minimum atomic E-state index is -0.590. The largest absolute Gasteiger partial charge is 0.479 e. The molecule has 0 radical (unpaired) electrons. The van der Waals surface area contributed by atoms with Crippen LogP contribution in [0.1, 0.15) is 31.4 Å². The number of hydrogen-bond acceptors (Lipinski definition) is 3. The first-order valence-corrected chi connectivity index (χ1v) is 9.20. The summed E-state index contributed by atoms with van der Waals surface area (Å²) in [5.41, 5.74) is 1.21. The first-order valence-electron chi connectivity index (χ1n) is 7.50. The fourth-order valence-corrected chi connectivity index (χ4v) is 4.05. The number of benzene rings is 1. The molecule has 2 unspecified atom stereocenters. The molecule has 23 heavy (non-hydrogen) atoms. The van der Waals surface area contributed by atoms with Crippen molar-refractivity contribution in [1.29, 1.82) is 0 Å². The minimum Gasteiger partial charge on any atom is -0.479 e. The van der Waals surface area contributed by atoms with Crippen LogP contribution < -0.4 is 4.74 Å². The zero-order chi connectivity index (χ0) is 16.4. The van der Waals surface area contributed by atoms with Gasteiger partial charge in [0.15, 0.2) is 6.10 Å². The summed E-state index contributed by atoms with van der Waals surface area (Å²) in [6.07, 6.45) is 1.42. The molecule has 1 aliphatic rings. The van der Waals surface area contributed by atoms with E-state index in [2.05, 4.69) is 11.4 Å². The average Bonchev–Trinajstić information content (AvgIpc) is 3.19. The highest BCUT2D eigenvalue weighted by Gasteiger charge is 2.33. The molecule has 2 aromatic rings. The Bertz CT molecular complexity index is 690. The van der Waals surface area contributed by atoms with Gasteiger partial charge in [-0.1, -0.05) is 23.2 Å². The van der Waals surface area contributed by atoms with E-state index < -0.39 is 6.10 Å². The smallest absolute Gasteiger partial charge is 0.263 e. The van der Waals surface area contributed by atoms with Crippen molar-refractivity contribution in [2.75, 3.05) is 6.54 Å². The monoisotopic (exact) mass is 369 g/mol. The average molecular weight is 370 g/mol. The fourth-order valence-electron chi connectivity index (χ4n) is 2.89. The van der Waals surface area contributed by atoms with Crippen molar-refractivity contribution in [2.24, 2.45) is 0 Å². The molecule has 122 valence electrons. The molecule has 1 aromatic carbocycles. The Hall–Kier alpha value is -1.23. The Morgan fingerprint density at radius 2 is 2.22 bits per heavy atom. The van der Waals surface area contributed by atoms with Crippen LogP contribution in [0.5, 0.6) is 5.75 Å². The molecule has 1 aliphatic heterocycles. The second-order valence-electron chi connectivity index (χ2n) is 5.58. The van der Waals surface area contributed by atoms with Gasteiger partial charge in [0.05, 0.1) is 11.1 Å². The first-order chi connectivity index (χ1) is 11.1. The predicted octanol–water partition coefficient (Wildman–Crippen LogP) is 5.19. The van der Waals surface area contributed by atoms with Crippen LogP contribution in [0.15, 0.2) is 35.0 Å². The molecule has 0 N–H and O–H groups in total. The molecule has 3 nitrogen and oxygen atoms in total. The Morgan fingerprint density at radius 1 is 1.39 bits per heavy atom. The third-order valence-electron chi connectivity index (χ3n) is 4.01. The van der Waals surface area contributed by atoms with Crippen LogP contribution in [0.4, 0.5) is 0 Å². The summed E-state index contributed by atoms with van der Waals surface area (Å²) in [6.45, 7) is 2.53. The van der Waals surface area contributed by atoms with Crippen molar-refractivity contribution < 1.29 is 9.53 Å². The van der Waals surface area contributed by atoms with Gasteiger partial charge in [-0.3, -0.25) is 4.79 Å². The minimum absolute atomic E-state index is 0.00952. The molecule has 0 spiro atoms. The highest BCUT2D eigenvalue weighted by molar-refractivity contribution is 7.08. The normalized spacial score (nSPS) is 18.9. The van der Waals surface area contributed by atoms with Gasteiger partial charge in [-0.05, 0) is 60.4 Å². The van der Waals surface area contributed by atoms with E-state index in [1.165, 1.54) is 5.56 Å². The van der Waals surface area contributed by atoms with E-state index in [1.807, 2.05) is 10.3 Å². The molecule has 6 heteroatoms. The number of hydrogen-bond donors (Lipinski definition) is 0. The SMILES string of the molecule is CC(Oc1ccc(Cl)cc1Cl)C(=O)N1CCCC1c1ccsc1. The number of likely N-dealkylation sites (tertiary alicyclic amines) is 1. The van der Waals surface area contributed by atoms with E-state index in [0.29, 0.717) is 15.8 Å². The van der Waals surface area contributed by atoms with Gasteiger partial charge in [0.2, 0.25) is 0 Å². The lowest BCUT2D eigenvalue weighted by molar-refractivity contribution is -0.138. The van der Waals surface area contributed by atoms with E-state index in [1.54, 1.807) is 36.5 Å². The van der Waals surface area contributed by atoms with Gasteiger partial charge in [-0.2, -0.15) is 11.3 Å². The maximum Gasteiger partial charge on any atom is 0.263 e. The Balaban J connectivity index is 1.71. The van der Waals surface area contributed by atoms with Gasteiger partial charge < -0.3 is 9.64 Å². The number of halogens is 2. The van der Waals surface area contributed by atoms with Gasteiger partial charge in [0.1, 0.15) is 5.75 Å². The van der Waals surface area contributed by atoms with Crippen LogP contribution in [0.2, 0.25) is 10.0 Å². The summed E-state index contributed by atoms with van der Waals surface area (Å²) in [7, 11) is 0. The maximum atomic E-state index is 12.8. The van der Waals surface area contributed by atoms with Crippen LogP contribution >= 0.6 is 34.5 Å². The second kappa shape index (κ2) is 7.12. The summed E-state index contributed by atoms with van der Waals surface area (Å²) < 4.78 is 5.76. The number of carbonyl (C=O) groups excluding carboxylic acids is 1. The van der Waals surface area contributed by atoms with E-state index in [9.17, 15) is 4.79 Å². The third kappa shape index (κ3) is 3.65. The molecule has 1 fully saturated rings. The summed E-state index contributed by atoms with van der Waals surface area (Å²) >= 11 is 13.7. The van der Waals surface area contributed by atoms with E-state index in [4.69, 9.17) is 27.9 Å². The molecule has 0 saturated carbocycles. The standard InChI is InChI=1S/C17H17Cl2NO2S/c1-11(22-16-5-4-13(18)9-14(16)19)17(21)20-7-2-3-15(20)12-6-8-23-10-12/h4-6,8-11,15H,2-3,7H2,1H3. The zero-order valence-corrected chi connectivity index (χ0v) is 15.0. The lowest BCUT2D eigenvalue weighted by atomic mass is 10.1. The van der Waals surface area contributed by atoms with E-state index >= 15 is 0 Å². The van der Waals surface area contributed by atoms with Crippen LogP contribution in [-0.2, 0) is 4.79 Å². The van der Waals surface area contributed by atoms with Crippen LogP contribution in [-0.4, -0.2) is 23.5 Å². The number of rotatable bonds is 4. The molecule has 1 saturated heterocycles. The fraction of sp³-hybridized carbons (Fsp3) is 0.353. The van der Waals surface area contributed by atoms with Gasteiger partial charge in [-0.15, -0.1) is 0 Å². The molecular weight excluding hydrogens is 353 g/mol. The Labute approximate surface area is 149 Å². The molecule has 1 amide bonds. The lowest BCUT2D eigenvalue weighted by Crippen LogP contribution is -2.40. The number of thiophene rings is 1. The summed E-state index contributed by atoms with van der Waals surface area (Å²) in [4.78, 5) is 14.7. The molecular formula is C17H17Cl2NO2S. The van der Waals surface area contributed by atoms with Crippen molar-refractivity contribution in [3.05, 3.63) is 50.6 Å².